The normalized spacial score (nSPS) is 15.3. The van der Waals surface area contributed by atoms with Gasteiger partial charge in [0.15, 0.2) is 0 Å². The number of hydrogen-bond acceptors (Lipinski definition) is 4. The molecule has 2 aromatic rings. The summed E-state index contributed by atoms with van der Waals surface area (Å²) in [4.78, 5) is 28.5. The molecule has 1 fully saturated rings. The second kappa shape index (κ2) is 10.6. The van der Waals surface area contributed by atoms with Crippen LogP contribution in [-0.4, -0.2) is 65.4 Å². The minimum atomic E-state index is -0.0104. The van der Waals surface area contributed by atoms with Crippen molar-refractivity contribution < 1.29 is 9.59 Å². The number of rotatable bonds is 7. The van der Waals surface area contributed by atoms with Crippen LogP contribution < -0.4 is 5.32 Å². The van der Waals surface area contributed by atoms with Gasteiger partial charge in [0.1, 0.15) is 0 Å². The molecule has 0 bridgehead atoms. The number of nitriles is 1. The fraction of sp³-hybridized carbons (Fsp3) is 0.435. The number of nitrogens with zero attached hydrogens (tertiary/aromatic N) is 4. The molecule has 30 heavy (non-hydrogen) atoms. The minimum absolute atomic E-state index is 0.0104. The largest absolute Gasteiger partial charge is 0.355 e. The van der Waals surface area contributed by atoms with Gasteiger partial charge in [-0.25, -0.2) is 0 Å². The molecule has 1 aliphatic rings. The number of carbonyl (C=O) groups is 2. The molecule has 7 heteroatoms. The van der Waals surface area contributed by atoms with Crippen molar-refractivity contribution >= 4 is 28.8 Å². The zero-order chi connectivity index (χ0) is 21.3. The Morgan fingerprint density at radius 2 is 2.03 bits per heavy atom. The van der Waals surface area contributed by atoms with Crippen LogP contribution in [-0.2, 0) is 16.1 Å². The summed E-state index contributed by atoms with van der Waals surface area (Å²) in [6.45, 7) is 6.38. The first-order chi connectivity index (χ1) is 14.6. The van der Waals surface area contributed by atoms with Gasteiger partial charge in [0, 0.05) is 68.0 Å². The molecule has 0 saturated carbocycles. The van der Waals surface area contributed by atoms with E-state index < -0.39 is 0 Å². The highest BCUT2D eigenvalue weighted by Crippen LogP contribution is 2.23. The molecular formula is C23H29N5O2. The van der Waals surface area contributed by atoms with Gasteiger partial charge in [0.2, 0.25) is 11.8 Å². The number of aromatic nitrogens is 1. The number of benzene rings is 1. The standard InChI is InChI=1S/C23H29N5O2/c1-2-25-22(29)18-26-12-6-14-27(16-15-26)23(30)10-9-19-17-28(13-5-11-24)21-8-4-3-7-20(19)21/h3-4,7-10,17H,2,5-6,12-16,18H2,1H3,(H,25,29)/b10-9+. The number of aryl methyl sites for hydroxylation is 1. The number of hydrogen-bond donors (Lipinski definition) is 1. The highest BCUT2D eigenvalue weighted by Gasteiger charge is 2.19. The zero-order valence-corrected chi connectivity index (χ0v) is 17.5. The smallest absolute Gasteiger partial charge is 0.246 e. The molecule has 0 radical (unpaired) electrons. The van der Waals surface area contributed by atoms with Crippen LogP contribution in [0.4, 0.5) is 0 Å². The monoisotopic (exact) mass is 407 g/mol. The van der Waals surface area contributed by atoms with E-state index in [0.29, 0.717) is 45.7 Å². The maximum atomic E-state index is 12.8. The first-order valence-corrected chi connectivity index (χ1v) is 10.5. The van der Waals surface area contributed by atoms with Gasteiger partial charge < -0.3 is 14.8 Å². The first kappa shape index (κ1) is 21.6. The van der Waals surface area contributed by atoms with Crippen LogP contribution in [0.2, 0.25) is 0 Å². The maximum Gasteiger partial charge on any atom is 0.246 e. The van der Waals surface area contributed by atoms with E-state index in [1.807, 2.05) is 48.4 Å². The Bertz CT molecular complexity index is 956. The van der Waals surface area contributed by atoms with E-state index in [1.54, 1.807) is 6.08 Å². The summed E-state index contributed by atoms with van der Waals surface area (Å²) in [5.41, 5.74) is 2.04. The predicted octanol–water partition coefficient (Wildman–Crippen LogP) is 2.24. The van der Waals surface area contributed by atoms with Crippen LogP contribution in [0.5, 0.6) is 0 Å². The quantitative estimate of drug-likeness (QED) is 0.714. The van der Waals surface area contributed by atoms with Gasteiger partial charge in [0.05, 0.1) is 19.0 Å². The van der Waals surface area contributed by atoms with Gasteiger partial charge in [-0.15, -0.1) is 0 Å². The highest BCUT2D eigenvalue weighted by molar-refractivity contribution is 5.96. The van der Waals surface area contributed by atoms with Crippen LogP contribution in [0, 0.1) is 11.3 Å². The molecular weight excluding hydrogens is 378 g/mol. The Balaban J connectivity index is 1.65. The molecule has 2 heterocycles. The van der Waals surface area contributed by atoms with Crippen LogP contribution >= 0.6 is 0 Å². The van der Waals surface area contributed by atoms with Crippen molar-refractivity contribution in [3.05, 3.63) is 42.1 Å². The van der Waals surface area contributed by atoms with E-state index in [4.69, 9.17) is 5.26 Å². The first-order valence-electron chi connectivity index (χ1n) is 10.5. The van der Waals surface area contributed by atoms with E-state index in [9.17, 15) is 9.59 Å². The van der Waals surface area contributed by atoms with Crippen molar-refractivity contribution in [3.63, 3.8) is 0 Å². The molecule has 7 nitrogen and oxygen atoms in total. The van der Waals surface area contributed by atoms with Crippen LogP contribution in [0.3, 0.4) is 0 Å². The molecule has 1 N–H and O–H groups in total. The van der Waals surface area contributed by atoms with E-state index in [0.717, 1.165) is 29.4 Å². The highest BCUT2D eigenvalue weighted by atomic mass is 16.2. The van der Waals surface area contributed by atoms with Crippen LogP contribution in [0.15, 0.2) is 36.5 Å². The summed E-state index contributed by atoms with van der Waals surface area (Å²) < 4.78 is 2.06. The minimum Gasteiger partial charge on any atom is -0.355 e. The number of fused-ring (bicyclic) bond motifs is 1. The van der Waals surface area contributed by atoms with Crippen molar-refractivity contribution in [2.75, 3.05) is 39.3 Å². The second-order valence-corrected chi connectivity index (χ2v) is 7.44. The van der Waals surface area contributed by atoms with Gasteiger partial charge in [-0.3, -0.25) is 14.5 Å². The fourth-order valence-corrected chi connectivity index (χ4v) is 3.84. The Hall–Kier alpha value is -3.11. The summed E-state index contributed by atoms with van der Waals surface area (Å²) in [6.07, 6.45) is 6.80. The summed E-state index contributed by atoms with van der Waals surface area (Å²) >= 11 is 0. The molecule has 158 valence electrons. The van der Waals surface area contributed by atoms with Crippen molar-refractivity contribution in [1.29, 1.82) is 5.26 Å². The van der Waals surface area contributed by atoms with E-state index in [-0.39, 0.29) is 11.8 Å². The van der Waals surface area contributed by atoms with E-state index in [2.05, 4.69) is 20.9 Å². The van der Waals surface area contributed by atoms with Gasteiger partial charge in [0.25, 0.3) is 0 Å². The van der Waals surface area contributed by atoms with Crippen molar-refractivity contribution in [2.45, 2.75) is 26.3 Å². The maximum absolute atomic E-state index is 12.8. The van der Waals surface area contributed by atoms with E-state index >= 15 is 0 Å². The number of carbonyl (C=O) groups excluding carboxylic acids is 2. The fourth-order valence-electron chi connectivity index (χ4n) is 3.84. The lowest BCUT2D eigenvalue weighted by atomic mass is 10.1. The Morgan fingerprint density at radius 1 is 1.20 bits per heavy atom. The average Bonchev–Trinajstić information content (AvgIpc) is 2.92. The molecule has 2 amide bonds. The summed E-state index contributed by atoms with van der Waals surface area (Å²) in [6, 6.07) is 10.2. The van der Waals surface area contributed by atoms with Gasteiger partial charge in [-0.1, -0.05) is 18.2 Å². The summed E-state index contributed by atoms with van der Waals surface area (Å²) in [5, 5.41) is 12.8. The molecule has 1 aliphatic heterocycles. The molecule has 0 spiro atoms. The van der Waals surface area contributed by atoms with E-state index in [1.165, 1.54) is 0 Å². The zero-order valence-electron chi connectivity index (χ0n) is 17.5. The molecule has 1 aromatic carbocycles. The van der Waals surface area contributed by atoms with Crippen LogP contribution in [0.25, 0.3) is 17.0 Å². The van der Waals surface area contributed by atoms with Gasteiger partial charge in [-0.05, 0) is 25.5 Å². The molecule has 0 atom stereocenters. The Morgan fingerprint density at radius 3 is 2.83 bits per heavy atom. The van der Waals surface area contributed by atoms with Gasteiger partial charge in [-0.2, -0.15) is 5.26 Å². The topological polar surface area (TPSA) is 81.4 Å². The van der Waals surface area contributed by atoms with Crippen molar-refractivity contribution in [3.8, 4) is 6.07 Å². The third-order valence-corrected chi connectivity index (χ3v) is 5.33. The average molecular weight is 408 g/mol. The number of likely N-dealkylation sites (N-methyl/N-ethyl adjacent to an activating group) is 1. The predicted molar refractivity (Wildman–Crippen MR) is 118 cm³/mol. The number of nitrogens with one attached hydrogen (secondary N) is 1. The number of para-hydroxylation sites is 1. The lowest BCUT2D eigenvalue weighted by Gasteiger charge is -2.20. The van der Waals surface area contributed by atoms with Crippen molar-refractivity contribution in [2.24, 2.45) is 0 Å². The molecule has 0 unspecified atom stereocenters. The summed E-state index contributed by atoms with van der Waals surface area (Å²) in [7, 11) is 0. The Labute approximate surface area is 177 Å². The summed E-state index contributed by atoms with van der Waals surface area (Å²) in [5.74, 6) is 0.0219. The molecule has 0 aliphatic carbocycles. The molecule has 1 saturated heterocycles. The Kier molecular flexibility index (Phi) is 7.63. The number of amides is 2. The SMILES string of the molecule is CCNC(=O)CN1CCCN(C(=O)/C=C/c2cn(CCC#N)c3ccccc23)CC1. The second-order valence-electron chi connectivity index (χ2n) is 7.44. The third-order valence-electron chi connectivity index (χ3n) is 5.33. The van der Waals surface area contributed by atoms with Crippen molar-refractivity contribution in [1.82, 2.24) is 19.7 Å². The lowest BCUT2D eigenvalue weighted by molar-refractivity contribution is -0.125. The third kappa shape index (κ3) is 5.49. The lowest BCUT2D eigenvalue weighted by Crippen LogP contribution is -2.39. The molecule has 1 aromatic heterocycles. The van der Waals surface area contributed by atoms with Crippen LogP contribution in [0.1, 0.15) is 25.3 Å². The van der Waals surface area contributed by atoms with Gasteiger partial charge >= 0.3 is 0 Å². The molecule has 3 rings (SSSR count).